The van der Waals surface area contributed by atoms with Crippen LogP contribution in [0, 0.1) is 6.92 Å². The summed E-state index contributed by atoms with van der Waals surface area (Å²) in [4.78, 5) is 35.5. The highest BCUT2D eigenvalue weighted by Gasteiger charge is 2.34. The van der Waals surface area contributed by atoms with E-state index in [-0.39, 0.29) is 12.6 Å². The number of esters is 1. The predicted molar refractivity (Wildman–Crippen MR) is 126 cm³/mol. The number of urea groups is 1. The van der Waals surface area contributed by atoms with Crippen LogP contribution in [0.1, 0.15) is 23.7 Å². The first-order chi connectivity index (χ1) is 16.0. The van der Waals surface area contributed by atoms with Gasteiger partial charge in [-0.2, -0.15) is 4.52 Å². The molecule has 33 heavy (non-hydrogen) atoms. The number of aryl methyl sites for hydroxylation is 1. The van der Waals surface area contributed by atoms with Gasteiger partial charge < -0.3 is 15.4 Å². The van der Waals surface area contributed by atoms with Gasteiger partial charge in [0.05, 0.1) is 23.7 Å². The quantitative estimate of drug-likeness (QED) is 0.246. The van der Waals surface area contributed by atoms with Gasteiger partial charge in [-0.1, -0.05) is 30.0 Å². The van der Waals surface area contributed by atoms with E-state index < -0.39 is 12.0 Å². The number of nitrogens with zero attached hydrogens (tertiary/aromatic N) is 4. The van der Waals surface area contributed by atoms with Crippen molar-refractivity contribution in [1.29, 1.82) is 0 Å². The molecular formula is C22H20N6O3S2. The van der Waals surface area contributed by atoms with Crippen LogP contribution in [-0.2, 0) is 9.53 Å². The Morgan fingerprint density at radius 1 is 1.24 bits per heavy atom. The number of hydrogen-bond donors (Lipinski definition) is 2. The molecule has 11 heteroatoms. The zero-order chi connectivity index (χ0) is 22.9. The lowest BCUT2D eigenvalue weighted by atomic mass is 10.0. The van der Waals surface area contributed by atoms with E-state index in [1.807, 2.05) is 48.7 Å². The molecule has 4 aromatic rings. The highest BCUT2D eigenvalue weighted by atomic mass is 32.2. The molecule has 1 atom stereocenters. The number of thioether (sulfide) groups is 1. The molecule has 0 spiro atoms. The summed E-state index contributed by atoms with van der Waals surface area (Å²) >= 11 is 2.84. The molecule has 0 aliphatic carbocycles. The fourth-order valence-corrected chi connectivity index (χ4v) is 5.41. The van der Waals surface area contributed by atoms with Gasteiger partial charge in [-0.3, -0.25) is 0 Å². The molecule has 3 aromatic heterocycles. The number of rotatable bonds is 6. The van der Waals surface area contributed by atoms with E-state index in [4.69, 9.17) is 9.72 Å². The highest BCUT2D eigenvalue weighted by molar-refractivity contribution is 7.99. The maximum atomic E-state index is 12.9. The summed E-state index contributed by atoms with van der Waals surface area (Å²) in [6.45, 7) is 3.82. The maximum Gasteiger partial charge on any atom is 0.338 e. The highest BCUT2D eigenvalue weighted by Crippen LogP contribution is 2.33. The SMILES string of the molecule is CCOC(=O)C1=C(CSc2nc3ccccc3c3nc(C)nn23)NC(=O)NC1c1cccs1. The van der Waals surface area contributed by atoms with Crippen LogP contribution in [0.25, 0.3) is 16.6 Å². The Kier molecular flexibility index (Phi) is 5.73. The Bertz CT molecular complexity index is 1400. The van der Waals surface area contributed by atoms with Crippen LogP contribution in [-0.4, -0.2) is 43.9 Å². The van der Waals surface area contributed by atoms with Crippen molar-refractivity contribution in [2.75, 3.05) is 12.4 Å². The van der Waals surface area contributed by atoms with Crippen molar-refractivity contribution < 1.29 is 14.3 Å². The largest absolute Gasteiger partial charge is 0.463 e. The third-order valence-corrected chi connectivity index (χ3v) is 6.97. The molecule has 1 aliphatic heterocycles. The van der Waals surface area contributed by atoms with Crippen molar-refractivity contribution in [2.45, 2.75) is 25.0 Å². The molecule has 2 N–H and O–H groups in total. The van der Waals surface area contributed by atoms with E-state index in [0.29, 0.717) is 33.7 Å². The fourth-order valence-electron chi connectivity index (χ4n) is 3.71. The normalized spacial score (nSPS) is 16.2. The van der Waals surface area contributed by atoms with Gasteiger partial charge in [-0.15, -0.1) is 16.4 Å². The third kappa shape index (κ3) is 4.05. The summed E-state index contributed by atoms with van der Waals surface area (Å²) < 4.78 is 7.02. The first-order valence-electron chi connectivity index (χ1n) is 10.3. The first kappa shape index (κ1) is 21.4. The van der Waals surface area contributed by atoms with E-state index in [2.05, 4.69) is 20.7 Å². The molecule has 1 unspecified atom stereocenters. The number of aromatic nitrogens is 4. The number of hydrogen-bond acceptors (Lipinski definition) is 8. The predicted octanol–water partition coefficient (Wildman–Crippen LogP) is 3.61. The molecule has 0 bridgehead atoms. The van der Waals surface area contributed by atoms with Crippen LogP contribution in [0.4, 0.5) is 4.79 Å². The molecule has 5 rings (SSSR count). The lowest BCUT2D eigenvalue weighted by molar-refractivity contribution is -0.139. The average molecular weight is 481 g/mol. The van der Waals surface area contributed by atoms with Crippen molar-refractivity contribution in [2.24, 2.45) is 0 Å². The summed E-state index contributed by atoms with van der Waals surface area (Å²) in [5.41, 5.74) is 2.38. The molecule has 0 saturated heterocycles. The van der Waals surface area contributed by atoms with E-state index in [1.54, 1.807) is 11.4 Å². The van der Waals surface area contributed by atoms with Gasteiger partial charge in [0.25, 0.3) is 0 Å². The Labute approximate surface area is 197 Å². The topological polar surface area (TPSA) is 111 Å². The fraction of sp³-hybridized carbons (Fsp3) is 0.227. The second kappa shape index (κ2) is 8.83. The minimum absolute atomic E-state index is 0.235. The lowest BCUT2D eigenvalue weighted by Crippen LogP contribution is -2.46. The Balaban J connectivity index is 1.56. The Morgan fingerprint density at radius 3 is 2.88 bits per heavy atom. The number of carbonyl (C=O) groups excluding carboxylic acids is 2. The summed E-state index contributed by atoms with van der Waals surface area (Å²) in [6, 6.07) is 10.6. The van der Waals surface area contributed by atoms with Gasteiger partial charge in [0.15, 0.2) is 10.8 Å². The van der Waals surface area contributed by atoms with Gasteiger partial charge in [0.2, 0.25) is 0 Å². The molecule has 0 fully saturated rings. The minimum atomic E-state index is -0.577. The number of amides is 2. The summed E-state index contributed by atoms with van der Waals surface area (Å²) in [6.07, 6.45) is 0. The summed E-state index contributed by atoms with van der Waals surface area (Å²) in [5.74, 6) is 0.463. The number of ether oxygens (including phenoxy) is 1. The molecular weight excluding hydrogens is 460 g/mol. The minimum Gasteiger partial charge on any atom is -0.463 e. The van der Waals surface area contributed by atoms with Crippen molar-refractivity contribution in [3.63, 3.8) is 0 Å². The van der Waals surface area contributed by atoms with Gasteiger partial charge in [0, 0.05) is 21.7 Å². The first-order valence-corrected chi connectivity index (χ1v) is 12.2. The van der Waals surface area contributed by atoms with Crippen LogP contribution in [0.5, 0.6) is 0 Å². The number of carbonyl (C=O) groups is 2. The number of benzene rings is 1. The van der Waals surface area contributed by atoms with Crippen molar-refractivity contribution in [3.8, 4) is 0 Å². The molecule has 0 saturated carbocycles. The number of para-hydroxylation sites is 1. The summed E-state index contributed by atoms with van der Waals surface area (Å²) in [5, 5.41) is 13.6. The van der Waals surface area contributed by atoms with Crippen molar-refractivity contribution >= 4 is 51.6 Å². The molecule has 1 aliphatic rings. The van der Waals surface area contributed by atoms with Crippen molar-refractivity contribution in [1.82, 2.24) is 30.2 Å². The second-order valence-corrected chi connectivity index (χ2v) is 9.18. The molecule has 2 amide bonds. The summed E-state index contributed by atoms with van der Waals surface area (Å²) in [7, 11) is 0. The van der Waals surface area contributed by atoms with E-state index in [9.17, 15) is 9.59 Å². The van der Waals surface area contributed by atoms with E-state index >= 15 is 0 Å². The Hall–Kier alpha value is -3.44. The van der Waals surface area contributed by atoms with Gasteiger partial charge in [0.1, 0.15) is 5.82 Å². The van der Waals surface area contributed by atoms with Gasteiger partial charge in [-0.05, 0) is 37.4 Å². The van der Waals surface area contributed by atoms with Crippen LogP contribution < -0.4 is 10.6 Å². The van der Waals surface area contributed by atoms with Crippen LogP contribution in [0.2, 0.25) is 0 Å². The van der Waals surface area contributed by atoms with Crippen LogP contribution in [0.3, 0.4) is 0 Å². The molecule has 1 aromatic carbocycles. The van der Waals surface area contributed by atoms with Crippen molar-refractivity contribution in [3.05, 3.63) is 63.7 Å². The van der Waals surface area contributed by atoms with E-state index in [1.165, 1.54) is 23.1 Å². The van der Waals surface area contributed by atoms with Crippen LogP contribution >= 0.6 is 23.1 Å². The van der Waals surface area contributed by atoms with Gasteiger partial charge >= 0.3 is 12.0 Å². The monoisotopic (exact) mass is 480 g/mol. The standard InChI is InChI=1S/C22H20N6O3S2/c1-3-31-20(29)17-15(24-21(30)26-18(17)16-9-6-10-32-16)11-33-22-25-14-8-5-4-7-13(14)19-23-12(2)27-28(19)22/h4-10,18H,3,11H2,1-2H3,(H2,24,26,30). The molecule has 9 nitrogen and oxygen atoms in total. The lowest BCUT2D eigenvalue weighted by Gasteiger charge is -2.28. The zero-order valence-corrected chi connectivity index (χ0v) is 19.5. The average Bonchev–Trinajstić information content (AvgIpc) is 3.47. The van der Waals surface area contributed by atoms with E-state index in [0.717, 1.165) is 15.8 Å². The third-order valence-electron chi connectivity index (χ3n) is 5.08. The van der Waals surface area contributed by atoms with Crippen LogP contribution in [0.15, 0.2) is 58.2 Å². The number of nitrogens with one attached hydrogen (secondary N) is 2. The second-order valence-electron chi connectivity index (χ2n) is 7.25. The molecule has 168 valence electrons. The maximum absolute atomic E-state index is 12.9. The molecule has 0 radical (unpaired) electrons. The van der Waals surface area contributed by atoms with Gasteiger partial charge in [-0.25, -0.2) is 19.6 Å². The number of fused-ring (bicyclic) bond motifs is 3. The zero-order valence-electron chi connectivity index (χ0n) is 17.9. The smallest absolute Gasteiger partial charge is 0.338 e. The number of thiophene rings is 1. The Morgan fingerprint density at radius 2 is 2.09 bits per heavy atom. The molecule has 4 heterocycles.